The van der Waals surface area contributed by atoms with Crippen molar-refractivity contribution in [3.05, 3.63) is 59.4 Å². The molecule has 19 heavy (non-hydrogen) atoms. The summed E-state index contributed by atoms with van der Waals surface area (Å²) in [6, 6.07) is 9.56. The molecule has 2 N–H and O–H groups in total. The molecule has 0 atom stereocenters. The van der Waals surface area contributed by atoms with E-state index in [1.807, 2.05) is 0 Å². The molecule has 1 aromatic heterocycles. The molecule has 0 saturated carbocycles. The van der Waals surface area contributed by atoms with Crippen LogP contribution in [-0.2, 0) is 0 Å². The third-order valence-corrected chi connectivity index (χ3v) is 2.66. The molecule has 0 aliphatic heterocycles. The van der Waals surface area contributed by atoms with Crippen LogP contribution in [0.1, 0.15) is 26.4 Å². The molecule has 0 spiro atoms. The summed E-state index contributed by atoms with van der Waals surface area (Å²) < 4.78 is 0. The number of carbonyl (C=O) groups is 2. The van der Waals surface area contributed by atoms with Gasteiger partial charge in [-0.1, -0.05) is 12.1 Å². The van der Waals surface area contributed by atoms with Gasteiger partial charge in [-0.3, -0.25) is 9.78 Å². The summed E-state index contributed by atoms with van der Waals surface area (Å²) in [5.41, 5.74) is 1.33. The number of para-hydroxylation sites is 1. The summed E-state index contributed by atoms with van der Waals surface area (Å²) in [4.78, 5) is 27.1. The van der Waals surface area contributed by atoms with Gasteiger partial charge >= 0.3 is 5.97 Å². The molecule has 0 aliphatic rings. The normalized spacial score (nSPS) is 9.95. The lowest BCUT2D eigenvalue weighted by molar-refractivity contribution is 0.0698. The number of rotatable bonds is 3. The monoisotopic (exact) mass is 256 g/mol. The van der Waals surface area contributed by atoms with Gasteiger partial charge in [0.05, 0.1) is 16.8 Å². The van der Waals surface area contributed by atoms with Crippen molar-refractivity contribution in [2.75, 3.05) is 5.32 Å². The Balaban J connectivity index is 2.30. The summed E-state index contributed by atoms with van der Waals surface area (Å²) in [6.07, 6.45) is 1.59. The van der Waals surface area contributed by atoms with E-state index in [0.29, 0.717) is 11.3 Å². The third-order valence-electron chi connectivity index (χ3n) is 2.66. The predicted molar refractivity (Wildman–Crippen MR) is 70.3 cm³/mol. The fourth-order valence-corrected chi connectivity index (χ4v) is 1.69. The van der Waals surface area contributed by atoms with Crippen LogP contribution in [0.25, 0.3) is 0 Å². The van der Waals surface area contributed by atoms with Gasteiger partial charge in [0, 0.05) is 11.9 Å². The van der Waals surface area contributed by atoms with Crippen molar-refractivity contribution in [1.29, 1.82) is 0 Å². The minimum absolute atomic E-state index is 0.0531. The van der Waals surface area contributed by atoms with E-state index in [0.717, 1.165) is 0 Å². The molecule has 1 amide bonds. The van der Waals surface area contributed by atoms with E-state index < -0.39 is 5.97 Å². The zero-order valence-electron chi connectivity index (χ0n) is 10.3. The van der Waals surface area contributed by atoms with Crippen LogP contribution >= 0.6 is 0 Å². The van der Waals surface area contributed by atoms with Crippen LogP contribution in [0.5, 0.6) is 0 Å². The van der Waals surface area contributed by atoms with Crippen molar-refractivity contribution < 1.29 is 14.7 Å². The van der Waals surface area contributed by atoms with E-state index in [4.69, 9.17) is 5.11 Å². The zero-order valence-corrected chi connectivity index (χ0v) is 10.3. The lowest BCUT2D eigenvalue weighted by Gasteiger charge is -2.09. The Morgan fingerprint density at radius 3 is 2.47 bits per heavy atom. The number of aromatic carboxylic acids is 1. The number of carbonyl (C=O) groups excluding carboxylic acids is 1. The summed E-state index contributed by atoms with van der Waals surface area (Å²) >= 11 is 0. The van der Waals surface area contributed by atoms with Crippen molar-refractivity contribution in [2.24, 2.45) is 0 Å². The van der Waals surface area contributed by atoms with E-state index in [1.54, 1.807) is 43.5 Å². The van der Waals surface area contributed by atoms with Crippen LogP contribution < -0.4 is 5.32 Å². The van der Waals surface area contributed by atoms with Crippen molar-refractivity contribution in [3.8, 4) is 0 Å². The van der Waals surface area contributed by atoms with E-state index in [9.17, 15) is 9.59 Å². The SMILES string of the molecule is Cc1ncccc1C(=O)Nc1ccccc1C(=O)O. The van der Waals surface area contributed by atoms with Gasteiger partial charge in [0.15, 0.2) is 0 Å². The van der Waals surface area contributed by atoms with Crippen molar-refractivity contribution in [1.82, 2.24) is 4.98 Å². The van der Waals surface area contributed by atoms with E-state index in [-0.39, 0.29) is 17.2 Å². The van der Waals surface area contributed by atoms with Gasteiger partial charge in [-0.05, 0) is 31.2 Å². The number of nitrogens with one attached hydrogen (secondary N) is 1. The van der Waals surface area contributed by atoms with Gasteiger partial charge in [0.25, 0.3) is 5.91 Å². The number of nitrogens with zero attached hydrogens (tertiary/aromatic N) is 1. The van der Waals surface area contributed by atoms with Gasteiger partial charge in [0.2, 0.25) is 0 Å². The topological polar surface area (TPSA) is 79.3 Å². The van der Waals surface area contributed by atoms with Gasteiger partial charge < -0.3 is 10.4 Å². The average molecular weight is 256 g/mol. The van der Waals surface area contributed by atoms with E-state index in [2.05, 4.69) is 10.3 Å². The number of carboxylic acids is 1. The van der Waals surface area contributed by atoms with Crippen LogP contribution in [0.3, 0.4) is 0 Å². The second kappa shape index (κ2) is 5.30. The highest BCUT2D eigenvalue weighted by Crippen LogP contribution is 2.16. The third kappa shape index (κ3) is 2.77. The Kier molecular flexibility index (Phi) is 3.56. The Labute approximate surface area is 109 Å². The number of benzene rings is 1. The summed E-state index contributed by atoms with van der Waals surface area (Å²) in [5, 5.41) is 11.6. The Hall–Kier alpha value is -2.69. The second-order valence-corrected chi connectivity index (χ2v) is 3.94. The first kappa shape index (κ1) is 12.8. The molecular weight excluding hydrogens is 244 g/mol. The number of pyridine rings is 1. The molecule has 2 aromatic rings. The number of carboxylic acid groups (broad SMARTS) is 1. The van der Waals surface area contributed by atoms with Gasteiger partial charge in [-0.15, -0.1) is 0 Å². The maximum Gasteiger partial charge on any atom is 0.337 e. The Bertz CT molecular complexity index is 638. The maximum absolute atomic E-state index is 12.1. The van der Waals surface area contributed by atoms with Crippen LogP contribution in [0.15, 0.2) is 42.6 Å². The molecule has 0 fully saturated rings. The molecule has 0 aliphatic carbocycles. The highest BCUT2D eigenvalue weighted by Gasteiger charge is 2.14. The maximum atomic E-state index is 12.1. The Morgan fingerprint density at radius 1 is 1.11 bits per heavy atom. The summed E-state index contributed by atoms with van der Waals surface area (Å²) in [5.74, 6) is -1.46. The standard InChI is InChI=1S/C14H12N2O3/c1-9-10(6-4-8-15-9)13(17)16-12-7-3-2-5-11(12)14(18)19/h2-8H,1H3,(H,16,17)(H,18,19). The predicted octanol–water partition coefficient (Wildman–Crippen LogP) is 2.34. The molecule has 96 valence electrons. The molecule has 0 bridgehead atoms. The first-order chi connectivity index (χ1) is 9.09. The molecule has 5 heteroatoms. The number of aryl methyl sites for hydroxylation is 1. The smallest absolute Gasteiger partial charge is 0.337 e. The first-order valence-electron chi connectivity index (χ1n) is 5.65. The minimum Gasteiger partial charge on any atom is -0.478 e. The van der Waals surface area contributed by atoms with E-state index in [1.165, 1.54) is 6.07 Å². The number of amides is 1. The molecule has 1 heterocycles. The molecule has 1 aromatic carbocycles. The number of anilines is 1. The molecule has 0 saturated heterocycles. The number of hydrogen-bond acceptors (Lipinski definition) is 3. The largest absolute Gasteiger partial charge is 0.478 e. The fraction of sp³-hybridized carbons (Fsp3) is 0.0714. The zero-order chi connectivity index (χ0) is 13.8. The molecule has 2 rings (SSSR count). The van der Waals surface area contributed by atoms with Gasteiger partial charge in [-0.25, -0.2) is 4.79 Å². The van der Waals surface area contributed by atoms with Crippen molar-refractivity contribution >= 4 is 17.6 Å². The van der Waals surface area contributed by atoms with Gasteiger partial charge in [0.1, 0.15) is 0 Å². The second-order valence-electron chi connectivity index (χ2n) is 3.94. The average Bonchev–Trinajstić information content (AvgIpc) is 2.39. The highest BCUT2D eigenvalue weighted by atomic mass is 16.4. The lowest BCUT2D eigenvalue weighted by Crippen LogP contribution is -2.16. The van der Waals surface area contributed by atoms with Crippen molar-refractivity contribution in [3.63, 3.8) is 0 Å². The Morgan fingerprint density at radius 2 is 1.79 bits per heavy atom. The van der Waals surface area contributed by atoms with E-state index >= 15 is 0 Å². The number of hydrogen-bond donors (Lipinski definition) is 2. The first-order valence-corrected chi connectivity index (χ1v) is 5.65. The highest BCUT2D eigenvalue weighted by molar-refractivity contribution is 6.08. The van der Waals surface area contributed by atoms with Crippen LogP contribution in [0.4, 0.5) is 5.69 Å². The molecular formula is C14H12N2O3. The van der Waals surface area contributed by atoms with Crippen LogP contribution in [0.2, 0.25) is 0 Å². The fourth-order valence-electron chi connectivity index (χ4n) is 1.69. The molecule has 0 radical (unpaired) electrons. The lowest BCUT2D eigenvalue weighted by atomic mass is 10.1. The quantitative estimate of drug-likeness (QED) is 0.883. The van der Waals surface area contributed by atoms with Crippen LogP contribution in [0, 0.1) is 6.92 Å². The number of aromatic nitrogens is 1. The minimum atomic E-state index is -1.08. The van der Waals surface area contributed by atoms with Gasteiger partial charge in [-0.2, -0.15) is 0 Å². The van der Waals surface area contributed by atoms with Crippen molar-refractivity contribution in [2.45, 2.75) is 6.92 Å². The summed E-state index contributed by atoms with van der Waals surface area (Å²) in [7, 11) is 0. The van der Waals surface area contributed by atoms with Crippen LogP contribution in [-0.4, -0.2) is 22.0 Å². The summed E-state index contributed by atoms with van der Waals surface area (Å²) in [6.45, 7) is 1.72. The molecule has 0 unspecified atom stereocenters. The molecule has 5 nitrogen and oxygen atoms in total.